The van der Waals surface area contributed by atoms with Gasteiger partial charge in [-0.15, -0.1) is 5.06 Å². The molecule has 0 amide bonds. The number of carbonyl (C=O) groups is 1. The lowest BCUT2D eigenvalue weighted by molar-refractivity contribution is -0.192. The van der Waals surface area contributed by atoms with Gasteiger partial charge in [0.05, 0.1) is 17.1 Å². The highest BCUT2D eigenvalue weighted by Gasteiger charge is 2.29. The lowest BCUT2D eigenvalue weighted by Crippen LogP contribution is -2.34. The van der Waals surface area contributed by atoms with Crippen molar-refractivity contribution in [2.75, 3.05) is 18.4 Å². The van der Waals surface area contributed by atoms with Crippen molar-refractivity contribution in [1.29, 1.82) is 0 Å². The molecule has 0 unspecified atom stereocenters. The summed E-state index contributed by atoms with van der Waals surface area (Å²) in [4.78, 5) is 29.2. The van der Waals surface area contributed by atoms with Crippen molar-refractivity contribution in [2.45, 2.75) is 25.7 Å². The zero-order valence-electron chi connectivity index (χ0n) is 15.9. The summed E-state index contributed by atoms with van der Waals surface area (Å²) < 4.78 is 13.9. The van der Waals surface area contributed by atoms with E-state index in [9.17, 15) is 9.18 Å². The number of piperidine rings is 1. The summed E-state index contributed by atoms with van der Waals surface area (Å²) in [5, 5.41) is 4.94. The number of hydroxylamine groups is 2. The molecule has 0 bridgehead atoms. The number of nitrogens with zero attached hydrogens (tertiary/aromatic N) is 3. The lowest BCUT2D eigenvalue weighted by atomic mass is 9.97. The summed E-state index contributed by atoms with van der Waals surface area (Å²) in [5.74, 6) is 1.17. The van der Waals surface area contributed by atoms with Crippen LogP contribution in [0.25, 0.3) is 22.5 Å². The molecule has 5 rings (SSSR count). The van der Waals surface area contributed by atoms with Gasteiger partial charge in [-0.1, -0.05) is 0 Å². The minimum absolute atomic E-state index is 0.228. The SMILES string of the molecule is CC(=O)ON1CCC(c2nc3c([nH]2)-c2cccnc2Nc2cc(F)ccc2-3)CC1. The van der Waals surface area contributed by atoms with E-state index in [-0.39, 0.29) is 17.7 Å². The van der Waals surface area contributed by atoms with Crippen LogP contribution >= 0.6 is 0 Å². The molecular formula is C21H20FN5O2. The third kappa shape index (κ3) is 3.25. The Kier molecular flexibility index (Phi) is 4.28. The molecule has 1 saturated heterocycles. The van der Waals surface area contributed by atoms with Crippen molar-refractivity contribution in [1.82, 2.24) is 20.0 Å². The van der Waals surface area contributed by atoms with Gasteiger partial charge in [0.2, 0.25) is 0 Å². The third-order valence-electron chi connectivity index (χ3n) is 5.39. The van der Waals surface area contributed by atoms with Crippen LogP contribution in [0.1, 0.15) is 31.5 Å². The molecule has 0 saturated carbocycles. The predicted octanol–water partition coefficient (Wildman–Crippen LogP) is 3.99. The number of aromatic amines is 1. The highest BCUT2D eigenvalue weighted by atomic mass is 19.1. The van der Waals surface area contributed by atoms with E-state index in [1.165, 1.54) is 19.1 Å². The number of nitrogens with one attached hydrogen (secondary N) is 2. The number of anilines is 2. The minimum atomic E-state index is -0.314. The van der Waals surface area contributed by atoms with Crippen LogP contribution in [-0.4, -0.2) is 39.1 Å². The summed E-state index contributed by atoms with van der Waals surface area (Å²) in [6.45, 7) is 2.74. The van der Waals surface area contributed by atoms with Gasteiger partial charge in [-0.25, -0.2) is 14.4 Å². The summed E-state index contributed by atoms with van der Waals surface area (Å²) in [6.07, 6.45) is 3.36. The summed E-state index contributed by atoms with van der Waals surface area (Å²) in [6, 6.07) is 8.51. The molecule has 3 aromatic rings. The summed E-state index contributed by atoms with van der Waals surface area (Å²) in [5.41, 5.74) is 4.04. The Morgan fingerprint density at radius 3 is 2.86 bits per heavy atom. The molecule has 2 aliphatic heterocycles. The monoisotopic (exact) mass is 393 g/mol. The Balaban J connectivity index is 1.53. The number of H-pyrrole nitrogens is 1. The maximum Gasteiger partial charge on any atom is 0.322 e. The standard InChI is InChI=1S/C21H20FN5O2/c1-12(28)29-27-9-6-13(7-10-27)20-25-18-15-5-4-14(22)11-17(15)24-21-16(19(18)26-20)3-2-8-23-21/h2-5,8,11,13H,6-7,9-10H2,1H3,(H,23,24)(H,25,26). The fourth-order valence-corrected chi connectivity index (χ4v) is 4.04. The first-order valence-electron chi connectivity index (χ1n) is 9.64. The van der Waals surface area contributed by atoms with E-state index in [4.69, 9.17) is 9.82 Å². The van der Waals surface area contributed by atoms with Gasteiger partial charge in [0.1, 0.15) is 17.5 Å². The number of hydrogen-bond donors (Lipinski definition) is 2. The predicted molar refractivity (Wildman–Crippen MR) is 106 cm³/mol. The van der Waals surface area contributed by atoms with Gasteiger partial charge in [-0.05, 0) is 43.2 Å². The van der Waals surface area contributed by atoms with E-state index < -0.39 is 0 Å². The molecule has 0 atom stereocenters. The van der Waals surface area contributed by atoms with E-state index in [1.807, 2.05) is 12.1 Å². The fourth-order valence-electron chi connectivity index (χ4n) is 4.04. The van der Waals surface area contributed by atoms with E-state index >= 15 is 0 Å². The van der Waals surface area contributed by atoms with Gasteiger partial charge in [-0.2, -0.15) is 0 Å². The average Bonchev–Trinajstić information content (AvgIpc) is 3.09. The van der Waals surface area contributed by atoms with Crippen molar-refractivity contribution in [2.24, 2.45) is 0 Å². The summed E-state index contributed by atoms with van der Waals surface area (Å²) in [7, 11) is 0. The van der Waals surface area contributed by atoms with Crippen LogP contribution in [0, 0.1) is 5.82 Å². The number of fused-ring (bicyclic) bond motifs is 5. The smallest absolute Gasteiger partial charge is 0.322 e. The molecule has 4 heterocycles. The first kappa shape index (κ1) is 17.8. The fraction of sp³-hybridized carbons (Fsp3) is 0.286. The van der Waals surface area contributed by atoms with Crippen molar-refractivity contribution < 1.29 is 14.0 Å². The lowest BCUT2D eigenvalue weighted by Gasteiger charge is -2.29. The van der Waals surface area contributed by atoms with Crippen LogP contribution in [0.5, 0.6) is 0 Å². The van der Waals surface area contributed by atoms with Crippen molar-refractivity contribution in [3.05, 3.63) is 48.2 Å². The largest absolute Gasteiger partial charge is 0.368 e. The number of rotatable bonds is 2. The molecule has 1 fully saturated rings. The van der Waals surface area contributed by atoms with Gasteiger partial charge >= 0.3 is 5.97 Å². The molecule has 0 aliphatic carbocycles. The topological polar surface area (TPSA) is 83.1 Å². The van der Waals surface area contributed by atoms with E-state index in [2.05, 4.69) is 15.3 Å². The second-order valence-electron chi connectivity index (χ2n) is 7.35. The molecule has 0 radical (unpaired) electrons. The van der Waals surface area contributed by atoms with Gasteiger partial charge in [0.25, 0.3) is 0 Å². The Hall–Kier alpha value is -3.26. The van der Waals surface area contributed by atoms with Gasteiger partial charge < -0.3 is 15.1 Å². The Morgan fingerprint density at radius 2 is 2.07 bits per heavy atom. The molecule has 0 spiro atoms. The zero-order valence-corrected chi connectivity index (χ0v) is 15.9. The van der Waals surface area contributed by atoms with E-state index in [0.29, 0.717) is 24.6 Å². The van der Waals surface area contributed by atoms with Crippen LogP contribution in [0.3, 0.4) is 0 Å². The minimum Gasteiger partial charge on any atom is -0.368 e. The maximum absolute atomic E-state index is 13.9. The van der Waals surface area contributed by atoms with Crippen LogP contribution < -0.4 is 5.32 Å². The van der Waals surface area contributed by atoms with Gasteiger partial charge in [0.15, 0.2) is 0 Å². The first-order chi connectivity index (χ1) is 14.1. The van der Waals surface area contributed by atoms with Crippen molar-refractivity contribution in [3.8, 4) is 22.5 Å². The summed E-state index contributed by atoms with van der Waals surface area (Å²) >= 11 is 0. The molecule has 1 aromatic carbocycles. The second kappa shape index (κ2) is 6.97. The highest BCUT2D eigenvalue weighted by molar-refractivity contribution is 5.94. The molecule has 2 aromatic heterocycles. The quantitative estimate of drug-likeness (QED) is 0.536. The average molecular weight is 393 g/mol. The van der Waals surface area contributed by atoms with Crippen LogP contribution in [-0.2, 0) is 9.63 Å². The Labute approximate surface area is 166 Å². The van der Waals surface area contributed by atoms with Gasteiger partial charge in [-0.3, -0.25) is 4.79 Å². The number of aromatic nitrogens is 3. The third-order valence-corrected chi connectivity index (χ3v) is 5.39. The van der Waals surface area contributed by atoms with E-state index in [0.717, 1.165) is 41.2 Å². The molecule has 29 heavy (non-hydrogen) atoms. The Bertz CT molecular complexity index is 1090. The van der Waals surface area contributed by atoms with Gasteiger partial charge in [0, 0.05) is 43.3 Å². The number of pyridine rings is 1. The molecular weight excluding hydrogens is 373 g/mol. The van der Waals surface area contributed by atoms with Crippen LogP contribution in [0.4, 0.5) is 15.9 Å². The van der Waals surface area contributed by atoms with Crippen LogP contribution in [0.15, 0.2) is 36.5 Å². The highest BCUT2D eigenvalue weighted by Crippen LogP contribution is 2.43. The normalized spacial score (nSPS) is 16.2. The Morgan fingerprint density at radius 1 is 1.24 bits per heavy atom. The molecule has 148 valence electrons. The number of benzene rings is 1. The number of carbonyl (C=O) groups excluding carboxylic acids is 1. The van der Waals surface area contributed by atoms with Crippen LogP contribution in [0.2, 0.25) is 0 Å². The molecule has 2 aliphatic rings. The van der Waals surface area contributed by atoms with Crippen molar-refractivity contribution in [3.63, 3.8) is 0 Å². The molecule has 2 N–H and O–H groups in total. The van der Waals surface area contributed by atoms with Crippen molar-refractivity contribution >= 4 is 17.5 Å². The number of halogens is 1. The first-order valence-corrected chi connectivity index (χ1v) is 9.64. The molecule has 7 nitrogen and oxygen atoms in total. The van der Waals surface area contributed by atoms with E-state index in [1.54, 1.807) is 17.3 Å². The zero-order chi connectivity index (χ0) is 20.0. The molecule has 8 heteroatoms. The number of hydrogen-bond acceptors (Lipinski definition) is 6. The maximum atomic E-state index is 13.9. The number of imidazole rings is 1. The second-order valence-corrected chi connectivity index (χ2v) is 7.35.